The van der Waals surface area contributed by atoms with Gasteiger partial charge in [-0.2, -0.15) is 0 Å². The Labute approximate surface area is 256 Å². The van der Waals surface area contributed by atoms with Gasteiger partial charge in [0.1, 0.15) is 0 Å². The minimum atomic E-state index is 0.787. The van der Waals surface area contributed by atoms with E-state index >= 15 is 0 Å². The number of unbranched alkanes of at least 4 members (excludes halogenated alkanes) is 1. The molecule has 0 unspecified atom stereocenters. The Morgan fingerprint density at radius 1 is 0.364 bits per heavy atom. The highest BCUT2D eigenvalue weighted by Gasteiger charge is 2.14. The van der Waals surface area contributed by atoms with Gasteiger partial charge in [-0.25, -0.2) is 0 Å². The number of nitrogens with zero attached hydrogens (tertiary/aromatic N) is 2. The van der Waals surface area contributed by atoms with Crippen molar-refractivity contribution in [2.24, 2.45) is 0 Å². The summed E-state index contributed by atoms with van der Waals surface area (Å²) in [4.78, 5) is 0. The fourth-order valence-electron chi connectivity index (χ4n) is 6.92. The Morgan fingerprint density at radius 2 is 0.773 bits per heavy atom. The predicted octanol–water partition coefficient (Wildman–Crippen LogP) is 9.88. The maximum atomic E-state index is 6.09. The van der Waals surface area contributed by atoms with Crippen molar-refractivity contribution in [1.29, 1.82) is 0 Å². The van der Waals surface area contributed by atoms with Crippen molar-refractivity contribution < 1.29 is 0 Å². The summed E-state index contributed by atoms with van der Waals surface area (Å²) in [6.07, 6.45) is 2.17. The predicted molar refractivity (Wildman–Crippen MR) is 188 cm³/mol. The number of fused-ring (bicyclic) bond motifs is 6. The molecule has 4 N–H and O–H groups in total. The van der Waals surface area contributed by atoms with Crippen LogP contribution in [0, 0.1) is 0 Å². The van der Waals surface area contributed by atoms with E-state index in [0.29, 0.717) is 0 Å². The number of anilines is 2. The van der Waals surface area contributed by atoms with Gasteiger partial charge in [0.2, 0.25) is 0 Å². The minimum absolute atomic E-state index is 0.787. The summed E-state index contributed by atoms with van der Waals surface area (Å²) in [5.74, 6) is 0. The lowest BCUT2D eigenvalue weighted by molar-refractivity contribution is 0.583. The van der Waals surface area contributed by atoms with E-state index in [0.717, 1.165) is 48.4 Å². The number of hydrogen-bond donors (Lipinski definition) is 2. The van der Waals surface area contributed by atoms with E-state index in [1.807, 2.05) is 36.4 Å². The lowest BCUT2D eigenvalue weighted by atomic mass is 10.0. The smallest absolute Gasteiger partial charge is 0.0491 e. The molecule has 0 radical (unpaired) electrons. The van der Waals surface area contributed by atoms with Crippen LogP contribution in [-0.2, 0) is 13.1 Å². The van der Waals surface area contributed by atoms with Gasteiger partial charge in [-0.05, 0) is 95.8 Å². The van der Waals surface area contributed by atoms with Crippen LogP contribution in [0.4, 0.5) is 11.4 Å². The molecular formula is C40H34N4. The molecule has 0 saturated heterocycles. The zero-order valence-corrected chi connectivity index (χ0v) is 24.6. The summed E-state index contributed by atoms with van der Waals surface area (Å²) in [6.45, 7) is 1.94. The average Bonchev–Trinajstić information content (AvgIpc) is 3.54. The standard InChI is InChI=1S/C40H34N4/c41-31-11-7-9-27(23-31)29-17-19-39-35(25-29)33-13-1-3-15-37(33)43(39)21-5-6-22-44-38-16-4-2-14-34(38)36-26-30(18-20-40(36)44)28-10-8-12-32(42)24-28/h1-4,7-20,23-26H,5-6,21-22,41-42H2. The van der Waals surface area contributed by atoms with Gasteiger partial charge in [0.25, 0.3) is 0 Å². The third-order valence-electron chi connectivity index (χ3n) is 9.00. The first-order valence-corrected chi connectivity index (χ1v) is 15.4. The number of aromatic nitrogens is 2. The van der Waals surface area contributed by atoms with Crippen LogP contribution in [0.5, 0.6) is 0 Å². The van der Waals surface area contributed by atoms with Crippen LogP contribution in [0.25, 0.3) is 65.9 Å². The largest absolute Gasteiger partial charge is 0.399 e. The van der Waals surface area contributed by atoms with E-state index < -0.39 is 0 Å². The summed E-state index contributed by atoms with van der Waals surface area (Å²) in [5, 5.41) is 5.18. The van der Waals surface area contributed by atoms with E-state index in [1.54, 1.807) is 0 Å². The summed E-state index contributed by atoms with van der Waals surface area (Å²) < 4.78 is 5.00. The summed E-state index contributed by atoms with van der Waals surface area (Å²) in [6, 6.07) is 47.5. The normalized spacial score (nSPS) is 11.7. The third kappa shape index (κ3) is 4.47. The molecule has 2 aromatic heterocycles. The van der Waals surface area contributed by atoms with Crippen molar-refractivity contribution in [2.45, 2.75) is 25.9 Å². The monoisotopic (exact) mass is 570 g/mol. The molecule has 2 heterocycles. The fraction of sp³-hybridized carbons (Fsp3) is 0.100. The number of nitrogens with two attached hydrogens (primary N) is 2. The van der Waals surface area contributed by atoms with Crippen LogP contribution in [0.15, 0.2) is 133 Å². The molecule has 0 atom stereocenters. The first-order valence-electron chi connectivity index (χ1n) is 15.4. The first-order chi connectivity index (χ1) is 21.6. The molecule has 0 spiro atoms. The van der Waals surface area contributed by atoms with Gasteiger partial charge in [0.15, 0.2) is 0 Å². The molecule has 0 aliphatic rings. The third-order valence-corrected chi connectivity index (χ3v) is 9.00. The molecular weight excluding hydrogens is 536 g/mol. The Balaban J connectivity index is 1.09. The van der Waals surface area contributed by atoms with Crippen molar-refractivity contribution in [1.82, 2.24) is 9.13 Å². The second kappa shape index (κ2) is 10.7. The van der Waals surface area contributed by atoms with Crippen molar-refractivity contribution in [3.8, 4) is 22.3 Å². The molecule has 0 aliphatic heterocycles. The Kier molecular flexibility index (Phi) is 6.34. The van der Waals surface area contributed by atoms with Crippen molar-refractivity contribution in [3.05, 3.63) is 133 Å². The summed E-state index contributed by atoms with van der Waals surface area (Å²) in [7, 11) is 0. The second-order valence-electron chi connectivity index (χ2n) is 11.8. The molecule has 6 aromatic carbocycles. The van der Waals surface area contributed by atoms with Gasteiger partial charge in [0, 0.05) is 68.1 Å². The molecule has 0 aliphatic carbocycles. The number of para-hydroxylation sites is 2. The molecule has 4 nitrogen and oxygen atoms in total. The lowest BCUT2D eigenvalue weighted by Gasteiger charge is -2.11. The molecule has 0 bridgehead atoms. The minimum Gasteiger partial charge on any atom is -0.399 e. The Morgan fingerprint density at radius 3 is 1.23 bits per heavy atom. The van der Waals surface area contributed by atoms with Crippen molar-refractivity contribution in [3.63, 3.8) is 0 Å². The summed E-state index contributed by atoms with van der Waals surface area (Å²) >= 11 is 0. The van der Waals surface area contributed by atoms with Crippen LogP contribution in [-0.4, -0.2) is 9.13 Å². The van der Waals surface area contributed by atoms with Gasteiger partial charge < -0.3 is 20.6 Å². The highest BCUT2D eigenvalue weighted by Crippen LogP contribution is 2.35. The zero-order valence-electron chi connectivity index (χ0n) is 24.6. The number of hydrogen-bond acceptors (Lipinski definition) is 2. The van der Waals surface area contributed by atoms with E-state index in [9.17, 15) is 0 Å². The van der Waals surface area contributed by atoms with E-state index in [4.69, 9.17) is 11.5 Å². The maximum Gasteiger partial charge on any atom is 0.0491 e. The van der Waals surface area contributed by atoms with E-state index in [2.05, 4.69) is 106 Å². The topological polar surface area (TPSA) is 61.9 Å². The van der Waals surface area contributed by atoms with Gasteiger partial charge in [-0.3, -0.25) is 0 Å². The molecule has 0 fully saturated rings. The van der Waals surface area contributed by atoms with Crippen LogP contribution in [0.1, 0.15) is 12.8 Å². The average molecular weight is 571 g/mol. The van der Waals surface area contributed by atoms with Gasteiger partial charge in [-0.1, -0.05) is 72.8 Å². The maximum absolute atomic E-state index is 6.09. The highest BCUT2D eigenvalue weighted by atomic mass is 15.0. The van der Waals surface area contributed by atoms with E-state index in [1.165, 1.54) is 54.7 Å². The quantitative estimate of drug-likeness (QED) is 0.148. The molecule has 8 rings (SSSR count). The van der Waals surface area contributed by atoms with Crippen molar-refractivity contribution >= 4 is 55.0 Å². The number of aryl methyl sites for hydroxylation is 2. The molecule has 8 aromatic rings. The molecule has 214 valence electrons. The van der Waals surface area contributed by atoms with Crippen LogP contribution >= 0.6 is 0 Å². The lowest BCUT2D eigenvalue weighted by Crippen LogP contribution is -2.02. The van der Waals surface area contributed by atoms with E-state index in [-0.39, 0.29) is 0 Å². The second-order valence-corrected chi connectivity index (χ2v) is 11.8. The fourth-order valence-corrected chi connectivity index (χ4v) is 6.92. The Bertz CT molecular complexity index is 2160. The zero-order chi connectivity index (χ0) is 29.6. The number of rotatable bonds is 7. The van der Waals surface area contributed by atoms with Crippen LogP contribution < -0.4 is 11.5 Å². The van der Waals surface area contributed by atoms with Crippen LogP contribution in [0.2, 0.25) is 0 Å². The SMILES string of the molecule is Nc1cccc(-c2ccc3c(c2)c2ccccc2n3CCCCn2c3ccccc3c3cc(-c4cccc(N)c4)ccc32)c1. The van der Waals surface area contributed by atoms with Crippen molar-refractivity contribution in [2.75, 3.05) is 11.5 Å². The van der Waals surface area contributed by atoms with Gasteiger partial charge in [-0.15, -0.1) is 0 Å². The summed E-state index contributed by atoms with van der Waals surface area (Å²) in [5.41, 5.74) is 23.6. The van der Waals surface area contributed by atoms with Gasteiger partial charge >= 0.3 is 0 Å². The number of nitrogen functional groups attached to an aromatic ring is 2. The Hall–Kier alpha value is -5.48. The van der Waals surface area contributed by atoms with Crippen LogP contribution in [0.3, 0.4) is 0 Å². The highest BCUT2D eigenvalue weighted by molar-refractivity contribution is 6.10. The first kappa shape index (κ1) is 26.2. The molecule has 44 heavy (non-hydrogen) atoms. The molecule has 0 amide bonds. The number of benzene rings is 6. The van der Waals surface area contributed by atoms with Gasteiger partial charge in [0.05, 0.1) is 0 Å². The molecule has 0 saturated carbocycles. The molecule has 4 heteroatoms.